The third-order valence-electron chi connectivity index (χ3n) is 3.49. The van der Waals surface area contributed by atoms with Crippen molar-refractivity contribution in [1.82, 2.24) is 4.90 Å². The zero-order valence-corrected chi connectivity index (χ0v) is 16.9. The van der Waals surface area contributed by atoms with Gasteiger partial charge in [0.05, 0.1) is 5.56 Å². The zero-order valence-electron chi connectivity index (χ0n) is 12.9. The van der Waals surface area contributed by atoms with E-state index in [4.69, 9.17) is 9.66 Å². The topological polar surface area (TPSA) is 63.6 Å². The zero-order chi connectivity index (χ0) is 16.8. The molecule has 1 heterocycles. The van der Waals surface area contributed by atoms with Gasteiger partial charge in [-0.05, 0) is 28.8 Å². The highest BCUT2D eigenvalue weighted by Gasteiger charge is 2.20. The quantitative estimate of drug-likeness (QED) is 0.691. The number of fused-ring (bicyclic) bond motifs is 1. The smallest absolute Gasteiger partial charge is 0.335 e. The number of carboxylic acid groups (broad SMARTS) is 1. The molecule has 0 aliphatic carbocycles. The number of halogens is 4. The molecule has 4 nitrogen and oxygen atoms in total. The standard InChI is InChI=1S/C16H15NO2.Cl2OS.2ClH/c18-16(19)13-6-7-14-10-17(11-15(14)8-13)9-12-4-2-1-3-5-12;1-4(2)3;;/h1-8H,9-11H2,(H,18,19);;2*1H. The van der Waals surface area contributed by atoms with Gasteiger partial charge >= 0.3 is 5.97 Å². The molecule has 1 N–H and O–H groups in total. The number of carboxylic acids is 1. The minimum Gasteiger partial charge on any atom is -0.582 e. The van der Waals surface area contributed by atoms with E-state index in [-0.39, 0.29) is 24.8 Å². The Morgan fingerprint density at radius 3 is 2.20 bits per heavy atom. The molecular weight excluding hydrogens is 428 g/mol. The first-order chi connectivity index (χ1) is 11.0. The van der Waals surface area contributed by atoms with Crippen molar-refractivity contribution in [2.45, 2.75) is 19.6 Å². The third-order valence-corrected chi connectivity index (χ3v) is 3.49. The molecule has 25 heavy (non-hydrogen) atoms. The van der Waals surface area contributed by atoms with Crippen LogP contribution < -0.4 is 0 Å². The van der Waals surface area contributed by atoms with Crippen molar-refractivity contribution >= 4 is 61.8 Å². The number of hydrogen-bond donors (Lipinski definition) is 1. The van der Waals surface area contributed by atoms with Crippen molar-refractivity contribution in [2.24, 2.45) is 0 Å². The summed E-state index contributed by atoms with van der Waals surface area (Å²) in [7, 11) is 7.36. The molecule has 138 valence electrons. The fraction of sp³-hybridized carbons (Fsp3) is 0.188. The van der Waals surface area contributed by atoms with Crippen LogP contribution in [0.1, 0.15) is 27.0 Å². The molecule has 0 bridgehead atoms. The van der Waals surface area contributed by atoms with Gasteiger partial charge in [0.25, 0.3) is 0 Å². The molecule has 1 aliphatic heterocycles. The van der Waals surface area contributed by atoms with Crippen molar-refractivity contribution in [3.05, 3.63) is 70.8 Å². The average molecular weight is 445 g/mol. The van der Waals surface area contributed by atoms with Crippen LogP contribution in [0.2, 0.25) is 0 Å². The molecular formula is C16H17Cl4NO3S. The van der Waals surface area contributed by atoms with Crippen LogP contribution in [0.3, 0.4) is 0 Å². The van der Waals surface area contributed by atoms with Gasteiger partial charge in [0.15, 0.2) is 31.0 Å². The molecule has 0 unspecified atom stereocenters. The van der Waals surface area contributed by atoms with Gasteiger partial charge < -0.3 is 9.66 Å². The van der Waals surface area contributed by atoms with Crippen LogP contribution in [-0.4, -0.2) is 20.5 Å². The molecule has 0 spiro atoms. The summed E-state index contributed by atoms with van der Waals surface area (Å²) < 4.78 is 9.09. The van der Waals surface area contributed by atoms with E-state index in [0.717, 1.165) is 25.2 Å². The molecule has 0 atom stereocenters. The monoisotopic (exact) mass is 443 g/mol. The number of benzene rings is 2. The molecule has 2 aromatic rings. The Balaban J connectivity index is 0.000000874. The summed E-state index contributed by atoms with van der Waals surface area (Å²) in [5.74, 6) is -0.857. The van der Waals surface area contributed by atoms with Crippen LogP contribution >= 0.6 is 46.2 Å². The second-order valence-corrected chi connectivity index (χ2v) is 7.63. The van der Waals surface area contributed by atoms with Crippen LogP contribution in [0.25, 0.3) is 0 Å². The molecule has 9 heteroatoms. The van der Waals surface area contributed by atoms with E-state index in [2.05, 4.69) is 38.4 Å². The molecule has 2 aromatic carbocycles. The maximum Gasteiger partial charge on any atom is 0.335 e. The molecule has 0 saturated heterocycles. The van der Waals surface area contributed by atoms with Crippen LogP contribution in [0.15, 0.2) is 48.5 Å². The van der Waals surface area contributed by atoms with Crippen molar-refractivity contribution in [2.75, 3.05) is 0 Å². The Hall–Kier alpha value is -0.660. The fourth-order valence-electron chi connectivity index (χ4n) is 2.55. The first kappa shape index (κ1) is 24.3. The highest BCUT2D eigenvalue weighted by Crippen LogP contribution is 2.25. The van der Waals surface area contributed by atoms with Crippen molar-refractivity contribution in [3.8, 4) is 0 Å². The van der Waals surface area contributed by atoms with E-state index in [1.807, 2.05) is 24.3 Å². The first-order valence-corrected chi connectivity index (χ1v) is 9.61. The lowest BCUT2D eigenvalue weighted by atomic mass is 10.1. The van der Waals surface area contributed by atoms with Crippen molar-refractivity contribution < 1.29 is 14.5 Å². The number of nitrogens with zero attached hydrogens (tertiary/aromatic N) is 1. The van der Waals surface area contributed by atoms with Gasteiger partial charge in [-0.15, -0.1) is 24.8 Å². The Morgan fingerprint density at radius 1 is 1.08 bits per heavy atom. The first-order valence-electron chi connectivity index (χ1n) is 6.81. The third kappa shape index (κ3) is 8.05. The van der Waals surface area contributed by atoms with Crippen LogP contribution in [0.4, 0.5) is 0 Å². The molecule has 0 aromatic heterocycles. The van der Waals surface area contributed by atoms with Gasteiger partial charge in [-0.2, -0.15) is 0 Å². The van der Waals surface area contributed by atoms with E-state index < -0.39 is 15.6 Å². The van der Waals surface area contributed by atoms with E-state index in [0.29, 0.717) is 5.56 Å². The van der Waals surface area contributed by atoms with Crippen molar-refractivity contribution in [3.63, 3.8) is 0 Å². The summed E-state index contributed by atoms with van der Waals surface area (Å²) in [6.07, 6.45) is 0. The normalized spacial score (nSPS) is 12.3. The summed E-state index contributed by atoms with van der Waals surface area (Å²) in [6, 6.07) is 15.8. The van der Waals surface area contributed by atoms with Crippen LogP contribution in [-0.2, 0) is 29.2 Å². The average Bonchev–Trinajstić information content (AvgIpc) is 2.88. The Bertz CT molecular complexity index is 671. The highest BCUT2D eigenvalue weighted by atomic mass is 36.0. The highest BCUT2D eigenvalue weighted by molar-refractivity contribution is 8.31. The molecule has 0 amide bonds. The summed E-state index contributed by atoms with van der Waals surface area (Å²) >= 11 is 0. The number of rotatable bonds is 3. The van der Waals surface area contributed by atoms with Crippen LogP contribution in [0.5, 0.6) is 0 Å². The molecule has 3 rings (SSSR count). The summed E-state index contributed by atoms with van der Waals surface area (Å²) in [4.78, 5) is 13.3. The summed E-state index contributed by atoms with van der Waals surface area (Å²) in [6.45, 7) is 2.62. The van der Waals surface area contributed by atoms with Gasteiger partial charge in [0.2, 0.25) is 0 Å². The van der Waals surface area contributed by atoms with Gasteiger partial charge in [-0.25, -0.2) is 4.79 Å². The lowest BCUT2D eigenvalue weighted by molar-refractivity contribution is 0.0696. The maximum absolute atomic E-state index is 11.0. The Morgan fingerprint density at radius 2 is 1.64 bits per heavy atom. The molecule has 0 saturated carbocycles. The fourth-order valence-corrected chi connectivity index (χ4v) is 2.55. The van der Waals surface area contributed by atoms with Gasteiger partial charge in [-0.1, -0.05) is 36.4 Å². The Labute approximate surface area is 171 Å². The Kier molecular flexibility index (Phi) is 11.5. The SMILES string of the molecule is Cl.Cl.O=C(O)c1ccc2c(c1)CN(Cc1ccccc1)C2.[O-][S+](Cl)Cl. The van der Waals surface area contributed by atoms with Gasteiger partial charge in [0, 0.05) is 19.6 Å². The lowest BCUT2D eigenvalue weighted by Crippen LogP contribution is -2.15. The van der Waals surface area contributed by atoms with Gasteiger partial charge in [0.1, 0.15) is 0 Å². The van der Waals surface area contributed by atoms with Crippen LogP contribution in [0, 0.1) is 0 Å². The number of carbonyl (C=O) groups is 1. The lowest BCUT2D eigenvalue weighted by Gasteiger charge is -2.14. The summed E-state index contributed by atoms with van der Waals surface area (Å²) in [5.41, 5.74) is 4.03. The number of hydrogen-bond acceptors (Lipinski definition) is 3. The van der Waals surface area contributed by atoms with Crippen molar-refractivity contribution in [1.29, 1.82) is 0 Å². The predicted molar refractivity (Wildman–Crippen MR) is 107 cm³/mol. The van der Waals surface area contributed by atoms with E-state index in [9.17, 15) is 4.79 Å². The minimum absolute atomic E-state index is 0. The second kappa shape index (κ2) is 11.9. The van der Waals surface area contributed by atoms with E-state index in [1.54, 1.807) is 12.1 Å². The van der Waals surface area contributed by atoms with Gasteiger partial charge in [-0.3, -0.25) is 4.90 Å². The minimum atomic E-state index is -1.67. The van der Waals surface area contributed by atoms with E-state index in [1.165, 1.54) is 11.1 Å². The molecule has 0 radical (unpaired) electrons. The molecule has 0 fully saturated rings. The number of aromatic carboxylic acids is 1. The second-order valence-electron chi connectivity index (χ2n) is 5.10. The maximum atomic E-state index is 11.0. The predicted octanol–water partition coefficient (Wildman–Crippen LogP) is 4.79. The largest absolute Gasteiger partial charge is 0.582 e. The van der Waals surface area contributed by atoms with E-state index >= 15 is 0 Å². The molecule has 1 aliphatic rings. The summed E-state index contributed by atoms with van der Waals surface area (Å²) in [5, 5.41) is 9.00.